The molecule has 2 aromatic rings. The Kier molecular flexibility index (Phi) is 5.94. The Balaban J connectivity index is 2.12. The summed E-state index contributed by atoms with van der Waals surface area (Å²) in [6.45, 7) is 2.30. The molecule has 0 radical (unpaired) electrons. The van der Waals surface area contributed by atoms with E-state index in [0.717, 1.165) is 5.56 Å². The lowest BCUT2D eigenvalue weighted by molar-refractivity contribution is 0.234. The van der Waals surface area contributed by atoms with Crippen LogP contribution in [0.2, 0.25) is 0 Å². The maximum Gasteiger partial charge on any atom is 0.312 e. The number of benzene rings is 1. The number of thioether (sulfide) groups is 1. The number of aryl methyl sites for hydroxylation is 1. The first-order valence-corrected chi connectivity index (χ1v) is 7.63. The maximum absolute atomic E-state index is 10.6. The number of nitrogens with zero attached hydrogens (tertiary/aromatic N) is 3. The van der Waals surface area contributed by atoms with Gasteiger partial charge in [-0.3, -0.25) is 10.7 Å². The van der Waals surface area contributed by atoms with Gasteiger partial charge in [0, 0.05) is 12.3 Å². The first kappa shape index (κ1) is 16.8. The molecule has 0 bridgehead atoms. The number of rotatable bonds is 6. The van der Waals surface area contributed by atoms with Gasteiger partial charge in [0.2, 0.25) is 0 Å². The second-order valence-electron chi connectivity index (χ2n) is 4.47. The van der Waals surface area contributed by atoms with Crippen LogP contribution in [0.1, 0.15) is 11.3 Å². The fraction of sp³-hybridized carbons (Fsp3) is 0.231. The van der Waals surface area contributed by atoms with Crippen LogP contribution in [0, 0.1) is 6.92 Å². The number of amides is 2. The predicted octanol–water partition coefficient (Wildman–Crippen LogP) is 1.20. The summed E-state index contributed by atoms with van der Waals surface area (Å²) in [5.74, 6) is 0.620. The lowest BCUT2D eigenvalue weighted by atomic mass is 10.2. The van der Waals surface area contributed by atoms with Gasteiger partial charge in [0.1, 0.15) is 0 Å². The molecule has 0 fully saturated rings. The van der Waals surface area contributed by atoms with Crippen molar-refractivity contribution in [3.8, 4) is 0 Å². The van der Waals surface area contributed by atoms with Crippen molar-refractivity contribution < 1.29 is 14.6 Å². The Morgan fingerprint density at radius 1 is 1.48 bits per heavy atom. The highest BCUT2D eigenvalue weighted by Crippen LogP contribution is 2.21. The Hall–Kier alpha value is -2.59. The van der Waals surface area contributed by atoms with Crippen molar-refractivity contribution in [1.82, 2.24) is 21.1 Å². The van der Waals surface area contributed by atoms with Gasteiger partial charge in [-0.25, -0.2) is 14.4 Å². The number of carbonyl (C=O) groups excluding carboxylic acids is 1. The van der Waals surface area contributed by atoms with Crippen LogP contribution >= 0.6 is 11.8 Å². The van der Waals surface area contributed by atoms with Crippen LogP contribution < -0.4 is 16.5 Å². The zero-order valence-electron chi connectivity index (χ0n) is 12.3. The standard InChI is InChI=1S/C13H16N6O3S/c1-8-3-2-4-9(7-8)16-11(17-21)10-12(19-22-18-10)23-6-5-15-13(14)20/h2-4,7,21H,5-6H2,1H3,(H,16,17)(H3,14,15,20). The highest BCUT2D eigenvalue weighted by molar-refractivity contribution is 7.99. The van der Waals surface area contributed by atoms with Gasteiger partial charge < -0.3 is 11.1 Å². The molecule has 23 heavy (non-hydrogen) atoms. The van der Waals surface area contributed by atoms with Gasteiger partial charge in [-0.15, -0.1) is 0 Å². The summed E-state index contributed by atoms with van der Waals surface area (Å²) >= 11 is 1.28. The Morgan fingerprint density at radius 3 is 3.00 bits per heavy atom. The molecule has 2 amide bonds. The third-order valence-electron chi connectivity index (χ3n) is 2.67. The number of aromatic nitrogens is 2. The molecule has 0 atom stereocenters. The van der Waals surface area contributed by atoms with E-state index in [2.05, 4.69) is 20.6 Å². The molecule has 0 spiro atoms. The molecule has 122 valence electrons. The third kappa shape index (κ3) is 4.97. The number of hydroxylamine groups is 1. The number of hydrogen-bond acceptors (Lipinski definition) is 7. The summed E-state index contributed by atoms with van der Waals surface area (Å²) in [4.78, 5) is 14.9. The van der Waals surface area contributed by atoms with Crippen molar-refractivity contribution in [2.45, 2.75) is 11.9 Å². The molecule has 1 heterocycles. The fourth-order valence-corrected chi connectivity index (χ4v) is 2.45. The number of hydrogen-bond donors (Lipinski definition) is 4. The SMILES string of the molecule is Cc1cccc(N=C(NO)c2nonc2SCCNC(N)=O)c1. The van der Waals surface area contributed by atoms with Crippen LogP contribution in [0.5, 0.6) is 0 Å². The first-order valence-electron chi connectivity index (χ1n) is 6.64. The van der Waals surface area contributed by atoms with Crippen molar-refractivity contribution in [3.05, 3.63) is 35.5 Å². The molecule has 9 nitrogen and oxygen atoms in total. The quantitative estimate of drug-likeness (QED) is 0.204. The molecule has 0 unspecified atom stereocenters. The highest BCUT2D eigenvalue weighted by Gasteiger charge is 2.17. The Morgan fingerprint density at radius 2 is 2.30 bits per heavy atom. The van der Waals surface area contributed by atoms with Gasteiger partial charge in [-0.05, 0) is 34.9 Å². The van der Waals surface area contributed by atoms with Gasteiger partial charge >= 0.3 is 6.03 Å². The average molecular weight is 336 g/mol. The number of amidine groups is 1. The summed E-state index contributed by atoms with van der Waals surface area (Å²) in [6, 6.07) is 6.85. The maximum atomic E-state index is 10.6. The molecule has 0 aliphatic rings. The lowest BCUT2D eigenvalue weighted by Crippen LogP contribution is -2.31. The van der Waals surface area contributed by atoms with E-state index in [9.17, 15) is 10.0 Å². The van der Waals surface area contributed by atoms with E-state index in [-0.39, 0.29) is 11.5 Å². The molecule has 5 N–H and O–H groups in total. The van der Waals surface area contributed by atoms with Crippen LogP contribution in [0.3, 0.4) is 0 Å². The van der Waals surface area contributed by atoms with Crippen LogP contribution in [0.4, 0.5) is 10.5 Å². The number of carbonyl (C=O) groups is 1. The molecular weight excluding hydrogens is 320 g/mol. The first-order chi connectivity index (χ1) is 11.1. The highest BCUT2D eigenvalue weighted by atomic mass is 32.2. The normalized spacial score (nSPS) is 11.3. The molecule has 0 saturated heterocycles. The molecule has 2 rings (SSSR count). The molecule has 1 aromatic carbocycles. The Labute approximate surface area is 136 Å². The number of aliphatic imine (C=N–C) groups is 1. The number of nitrogens with one attached hydrogen (secondary N) is 2. The van der Waals surface area contributed by atoms with E-state index < -0.39 is 6.03 Å². The second kappa shape index (κ2) is 8.15. The van der Waals surface area contributed by atoms with Crippen molar-refractivity contribution in [2.75, 3.05) is 12.3 Å². The molecule has 0 aliphatic heterocycles. The van der Waals surface area contributed by atoms with Crippen molar-refractivity contribution in [2.24, 2.45) is 10.7 Å². The topological polar surface area (TPSA) is 139 Å². The summed E-state index contributed by atoms with van der Waals surface area (Å²) < 4.78 is 4.70. The summed E-state index contributed by atoms with van der Waals surface area (Å²) in [5, 5.41) is 19.7. The largest absolute Gasteiger partial charge is 0.352 e. The van der Waals surface area contributed by atoms with Gasteiger partial charge in [-0.2, -0.15) is 0 Å². The molecule has 0 saturated carbocycles. The van der Waals surface area contributed by atoms with Gasteiger partial charge in [-0.1, -0.05) is 23.9 Å². The monoisotopic (exact) mass is 336 g/mol. The fourth-order valence-electron chi connectivity index (χ4n) is 1.70. The molecule has 1 aromatic heterocycles. The zero-order chi connectivity index (χ0) is 16.7. The minimum absolute atomic E-state index is 0.113. The van der Waals surface area contributed by atoms with Gasteiger partial charge in [0.25, 0.3) is 0 Å². The van der Waals surface area contributed by atoms with E-state index in [1.54, 1.807) is 6.07 Å². The smallest absolute Gasteiger partial charge is 0.312 e. The van der Waals surface area contributed by atoms with Gasteiger partial charge in [0.15, 0.2) is 16.6 Å². The van der Waals surface area contributed by atoms with Gasteiger partial charge in [0.05, 0.1) is 5.69 Å². The number of urea groups is 1. The second-order valence-corrected chi connectivity index (χ2v) is 5.55. The lowest BCUT2D eigenvalue weighted by Gasteiger charge is -2.04. The van der Waals surface area contributed by atoms with Crippen molar-refractivity contribution >= 4 is 29.3 Å². The molecule has 10 heteroatoms. The summed E-state index contributed by atoms with van der Waals surface area (Å²) in [7, 11) is 0. The number of nitrogens with two attached hydrogens (primary N) is 1. The Bertz CT molecular complexity index is 703. The van der Waals surface area contributed by atoms with Crippen molar-refractivity contribution in [1.29, 1.82) is 0 Å². The summed E-state index contributed by atoms with van der Waals surface area (Å²) in [6.07, 6.45) is 0. The van der Waals surface area contributed by atoms with Crippen LogP contribution in [0.15, 0.2) is 38.9 Å². The number of primary amides is 1. The molecule has 0 aliphatic carbocycles. The van der Waals surface area contributed by atoms with E-state index in [1.807, 2.05) is 30.6 Å². The predicted molar refractivity (Wildman–Crippen MR) is 84.9 cm³/mol. The zero-order valence-corrected chi connectivity index (χ0v) is 13.1. The average Bonchev–Trinajstić information content (AvgIpc) is 2.97. The molecular formula is C13H16N6O3S. The third-order valence-corrected chi connectivity index (χ3v) is 3.62. The van der Waals surface area contributed by atoms with Crippen LogP contribution in [-0.2, 0) is 0 Å². The van der Waals surface area contributed by atoms with E-state index in [4.69, 9.17) is 10.4 Å². The van der Waals surface area contributed by atoms with Crippen LogP contribution in [0.25, 0.3) is 0 Å². The minimum atomic E-state index is -0.595. The van der Waals surface area contributed by atoms with Crippen molar-refractivity contribution in [3.63, 3.8) is 0 Å². The van der Waals surface area contributed by atoms with E-state index >= 15 is 0 Å². The van der Waals surface area contributed by atoms with E-state index in [1.165, 1.54) is 11.8 Å². The summed E-state index contributed by atoms with van der Waals surface area (Å²) in [5.41, 5.74) is 8.95. The van der Waals surface area contributed by atoms with Crippen LogP contribution in [-0.4, -0.2) is 39.7 Å². The van der Waals surface area contributed by atoms with E-state index in [0.29, 0.717) is 23.0 Å². The minimum Gasteiger partial charge on any atom is -0.352 e.